The van der Waals surface area contributed by atoms with E-state index >= 15 is 0 Å². The van der Waals surface area contributed by atoms with Crippen LogP contribution in [0.3, 0.4) is 0 Å². The number of hydrogen-bond donors (Lipinski definition) is 1. The van der Waals surface area contributed by atoms with Gasteiger partial charge in [0.05, 0.1) is 18.9 Å². The molecule has 0 radical (unpaired) electrons. The van der Waals surface area contributed by atoms with Crippen LogP contribution in [-0.4, -0.2) is 60.4 Å². The molecule has 3 amide bonds. The van der Waals surface area contributed by atoms with Crippen molar-refractivity contribution in [2.45, 2.75) is 12.1 Å². The van der Waals surface area contributed by atoms with Crippen LogP contribution in [0, 0.1) is 0 Å². The summed E-state index contributed by atoms with van der Waals surface area (Å²) in [6.45, 7) is 3.06. The largest absolute Gasteiger partial charge is 0.379 e. The van der Waals surface area contributed by atoms with Crippen molar-refractivity contribution in [3.63, 3.8) is 0 Å². The van der Waals surface area contributed by atoms with Crippen LogP contribution >= 0.6 is 22.8 Å². The SMILES string of the molecule is O=C(NN1CCOCC1)N1CCC(PBr)C1=O. The van der Waals surface area contributed by atoms with Crippen LogP contribution in [0.2, 0.25) is 0 Å². The average molecular weight is 324 g/mol. The van der Waals surface area contributed by atoms with Crippen molar-refractivity contribution in [1.82, 2.24) is 15.3 Å². The van der Waals surface area contributed by atoms with Gasteiger partial charge in [-0.05, 0) is 13.7 Å². The molecule has 17 heavy (non-hydrogen) atoms. The van der Waals surface area contributed by atoms with Gasteiger partial charge < -0.3 is 4.74 Å². The van der Waals surface area contributed by atoms with Gasteiger partial charge in [-0.15, -0.1) is 0 Å². The molecule has 2 atom stereocenters. The van der Waals surface area contributed by atoms with E-state index in [1.807, 2.05) is 0 Å². The number of hydrazine groups is 1. The lowest BCUT2D eigenvalue weighted by Crippen LogP contribution is -2.53. The van der Waals surface area contributed by atoms with Gasteiger partial charge >= 0.3 is 6.03 Å². The first-order valence-corrected chi connectivity index (χ1v) is 8.86. The maximum absolute atomic E-state index is 11.9. The Bertz CT molecular complexity index is 312. The minimum atomic E-state index is -0.315. The number of carbonyl (C=O) groups excluding carboxylic acids is 2. The first-order chi connectivity index (χ1) is 8.22. The second-order valence-electron chi connectivity index (χ2n) is 3.96. The van der Waals surface area contributed by atoms with Crippen LogP contribution in [0.1, 0.15) is 6.42 Å². The average Bonchev–Trinajstić information content (AvgIpc) is 2.71. The third-order valence-electron chi connectivity index (χ3n) is 2.85. The maximum Gasteiger partial charge on any atom is 0.338 e. The van der Waals surface area contributed by atoms with Crippen LogP contribution in [0.5, 0.6) is 0 Å². The van der Waals surface area contributed by atoms with E-state index in [1.165, 1.54) is 4.90 Å². The van der Waals surface area contributed by atoms with Crippen LogP contribution in [0.25, 0.3) is 0 Å². The molecule has 0 aromatic carbocycles. The lowest BCUT2D eigenvalue weighted by atomic mass is 10.4. The van der Waals surface area contributed by atoms with Crippen molar-refractivity contribution in [2.24, 2.45) is 0 Å². The first kappa shape index (κ1) is 13.2. The predicted octanol–water partition coefficient (Wildman–Crippen LogP) is 0.532. The van der Waals surface area contributed by atoms with Crippen molar-refractivity contribution in [3.8, 4) is 0 Å². The Morgan fingerprint density at radius 1 is 1.41 bits per heavy atom. The highest BCUT2D eigenvalue weighted by Crippen LogP contribution is 2.34. The van der Waals surface area contributed by atoms with E-state index in [2.05, 4.69) is 20.9 Å². The fraction of sp³-hybridized carbons (Fsp3) is 0.778. The van der Waals surface area contributed by atoms with Crippen molar-refractivity contribution < 1.29 is 14.3 Å². The molecule has 2 aliphatic heterocycles. The molecular weight excluding hydrogens is 309 g/mol. The number of rotatable bonds is 2. The highest BCUT2D eigenvalue weighted by Gasteiger charge is 2.35. The molecule has 96 valence electrons. The molecule has 0 aromatic rings. The minimum absolute atomic E-state index is 0.0366. The molecule has 6 nitrogen and oxygen atoms in total. The van der Waals surface area contributed by atoms with Gasteiger partial charge in [-0.3, -0.25) is 15.1 Å². The van der Waals surface area contributed by atoms with E-state index in [0.29, 0.717) is 40.1 Å². The summed E-state index contributed by atoms with van der Waals surface area (Å²) in [5, 5.41) is 1.79. The molecule has 8 heteroatoms. The van der Waals surface area contributed by atoms with Crippen LogP contribution in [-0.2, 0) is 9.53 Å². The second kappa shape index (κ2) is 6.09. The summed E-state index contributed by atoms with van der Waals surface area (Å²) >= 11 is 3.31. The molecule has 1 N–H and O–H groups in total. The summed E-state index contributed by atoms with van der Waals surface area (Å²) < 4.78 is 5.18. The van der Waals surface area contributed by atoms with Gasteiger partial charge in [0.2, 0.25) is 5.91 Å². The molecule has 2 rings (SSSR count). The monoisotopic (exact) mass is 323 g/mol. The van der Waals surface area contributed by atoms with Gasteiger partial charge in [0.1, 0.15) is 0 Å². The lowest BCUT2D eigenvalue weighted by molar-refractivity contribution is -0.125. The number of hydrogen-bond acceptors (Lipinski definition) is 4. The van der Waals surface area contributed by atoms with Crippen LogP contribution in [0.15, 0.2) is 0 Å². The molecule has 2 unspecified atom stereocenters. The Kier molecular flexibility index (Phi) is 4.73. The number of morpholine rings is 1. The Balaban J connectivity index is 1.85. The Hall–Kier alpha value is -0.230. The molecule has 0 bridgehead atoms. The zero-order valence-electron chi connectivity index (χ0n) is 9.32. The highest BCUT2D eigenvalue weighted by molar-refractivity contribution is 9.36. The summed E-state index contributed by atoms with van der Waals surface area (Å²) in [4.78, 5) is 25.0. The molecule has 2 heterocycles. The quantitative estimate of drug-likeness (QED) is 0.753. The number of urea groups is 1. The number of halogens is 1. The smallest absolute Gasteiger partial charge is 0.338 e. The molecule has 0 aliphatic carbocycles. The number of nitrogens with zero attached hydrogens (tertiary/aromatic N) is 2. The van der Waals surface area contributed by atoms with Crippen molar-refractivity contribution in [3.05, 3.63) is 0 Å². The van der Waals surface area contributed by atoms with Crippen LogP contribution in [0.4, 0.5) is 4.79 Å². The minimum Gasteiger partial charge on any atom is -0.379 e. The summed E-state index contributed by atoms with van der Waals surface area (Å²) in [6.07, 6.45) is 0.749. The van der Waals surface area contributed by atoms with E-state index in [4.69, 9.17) is 4.74 Å². The Morgan fingerprint density at radius 3 is 2.71 bits per heavy atom. The van der Waals surface area contributed by atoms with Crippen molar-refractivity contribution in [1.29, 1.82) is 0 Å². The molecular formula is C9H15BrN3O3P. The van der Waals surface area contributed by atoms with Gasteiger partial charge in [0.25, 0.3) is 0 Å². The lowest BCUT2D eigenvalue weighted by Gasteiger charge is -2.28. The Labute approximate surface area is 110 Å². The van der Waals surface area contributed by atoms with E-state index < -0.39 is 0 Å². The summed E-state index contributed by atoms with van der Waals surface area (Å²) in [7, 11) is 0.386. The fourth-order valence-electron chi connectivity index (χ4n) is 1.85. The second-order valence-corrected chi connectivity index (χ2v) is 6.25. The zero-order chi connectivity index (χ0) is 12.3. The van der Waals surface area contributed by atoms with Gasteiger partial charge in [-0.25, -0.2) is 9.80 Å². The van der Waals surface area contributed by atoms with Gasteiger partial charge in [-0.2, -0.15) is 0 Å². The van der Waals surface area contributed by atoms with E-state index in [1.54, 1.807) is 5.01 Å². The summed E-state index contributed by atoms with van der Waals surface area (Å²) in [5.74, 6) is -0.0778. The standard InChI is InChI=1S/C9H15BrN3O3P/c10-17-7-1-2-13(8(7)14)9(15)11-12-3-5-16-6-4-12/h7,17H,1-6H2,(H,11,15). The number of imide groups is 1. The van der Waals surface area contributed by atoms with Gasteiger partial charge in [-0.1, -0.05) is 15.5 Å². The van der Waals surface area contributed by atoms with E-state index in [-0.39, 0.29) is 17.6 Å². The number of carbonyl (C=O) groups is 2. The number of nitrogens with one attached hydrogen (secondary N) is 1. The highest BCUT2D eigenvalue weighted by atomic mass is 79.9. The number of ether oxygens (including phenoxy) is 1. The molecule has 2 fully saturated rings. The normalized spacial score (nSPS) is 27.0. The van der Waals surface area contributed by atoms with E-state index in [0.717, 1.165) is 6.42 Å². The maximum atomic E-state index is 11.9. The molecule has 0 saturated carbocycles. The summed E-state index contributed by atoms with van der Waals surface area (Å²) in [5.41, 5.74) is 2.71. The van der Waals surface area contributed by atoms with E-state index in [9.17, 15) is 9.59 Å². The van der Waals surface area contributed by atoms with Crippen LogP contribution < -0.4 is 5.43 Å². The first-order valence-electron chi connectivity index (χ1n) is 5.53. The molecule has 2 aliphatic rings. The summed E-state index contributed by atoms with van der Waals surface area (Å²) in [6, 6.07) is -0.315. The number of likely N-dealkylation sites (tertiary alicyclic amines) is 1. The molecule has 0 spiro atoms. The Morgan fingerprint density at radius 2 is 2.12 bits per heavy atom. The zero-order valence-corrected chi connectivity index (χ0v) is 11.9. The third kappa shape index (κ3) is 3.16. The van der Waals surface area contributed by atoms with Crippen molar-refractivity contribution in [2.75, 3.05) is 32.8 Å². The number of amides is 3. The van der Waals surface area contributed by atoms with Gasteiger partial charge in [0.15, 0.2) is 0 Å². The fourth-order valence-corrected chi connectivity index (χ4v) is 3.62. The predicted molar refractivity (Wildman–Crippen MR) is 68.3 cm³/mol. The van der Waals surface area contributed by atoms with Gasteiger partial charge in [0, 0.05) is 19.6 Å². The topological polar surface area (TPSA) is 61.9 Å². The molecule has 0 aromatic heterocycles. The third-order valence-corrected chi connectivity index (χ3v) is 5.30. The van der Waals surface area contributed by atoms with Crippen molar-refractivity contribution >= 4 is 34.7 Å². The molecule has 2 saturated heterocycles.